The summed E-state index contributed by atoms with van der Waals surface area (Å²) in [5.41, 5.74) is 1.74. The Labute approximate surface area is 179 Å². The first-order valence-electron chi connectivity index (χ1n) is 9.77. The van der Waals surface area contributed by atoms with Gasteiger partial charge in [-0.25, -0.2) is 13.2 Å². The highest BCUT2D eigenvalue weighted by Crippen LogP contribution is 2.31. The zero-order valence-corrected chi connectivity index (χ0v) is 17.7. The number of nitrogens with zero attached hydrogens (tertiary/aromatic N) is 3. The van der Waals surface area contributed by atoms with Crippen molar-refractivity contribution in [1.29, 1.82) is 0 Å². The van der Waals surface area contributed by atoms with E-state index in [1.807, 2.05) is 0 Å². The summed E-state index contributed by atoms with van der Waals surface area (Å²) < 4.78 is 37.9. The van der Waals surface area contributed by atoms with Gasteiger partial charge in [0.25, 0.3) is 0 Å². The molecule has 1 aromatic carbocycles. The Kier molecular flexibility index (Phi) is 5.64. The fourth-order valence-electron chi connectivity index (χ4n) is 3.40. The highest BCUT2D eigenvalue weighted by Gasteiger charge is 2.28. The number of rotatable bonds is 8. The number of fused-ring (bicyclic) bond motifs is 1. The third-order valence-corrected chi connectivity index (χ3v) is 6.81. The van der Waals surface area contributed by atoms with Gasteiger partial charge in [-0.3, -0.25) is 13.8 Å². The number of Topliss-reactive ketones (excluding diaryl/α,β-unsaturated/α-hetero) is 1. The SMILES string of the molecule is CCS(=O)(=O)N1CCc2cc(C(=O)COC(=O)c3ccc(Cn4cccn4)o3)ccc21. The Bertz CT molecular complexity index is 1210. The van der Waals surface area contributed by atoms with Crippen molar-refractivity contribution in [1.82, 2.24) is 9.78 Å². The molecule has 4 rings (SSSR count). The number of ketones is 1. The van der Waals surface area contributed by atoms with E-state index >= 15 is 0 Å². The number of sulfonamides is 1. The standard InChI is InChI=1S/C21H21N3O6S/c1-2-31(27,28)24-11-8-15-12-16(4-6-18(15)24)19(25)14-29-21(26)20-7-5-17(30-20)13-23-10-3-9-22-23/h3-7,9-10,12H,2,8,11,13-14H2,1H3. The van der Waals surface area contributed by atoms with Crippen LogP contribution in [0, 0.1) is 0 Å². The van der Waals surface area contributed by atoms with Crippen molar-refractivity contribution in [3.05, 3.63) is 71.4 Å². The van der Waals surface area contributed by atoms with Crippen LogP contribution in [0.4, 0.5) is 5.69 Å². The molecule has 0 atom stereocenters. The van der Waals surface area contributed by atoms with Crippen LogP contribution in [-0.2, 0) is 27.7 Å². The summed E-state index contributed by atoms with van der Waals surface area (Å²) in [7, 11) is -3.35. The van der Waals surface area contributed by atoms with Crippen molar-refractivity contribution in [2.45, 2.75) is 19.9 Å². The normalized spacial score (nSPS) is 13.3. The Morgan fingerprint density at radius 2 is 2.06 bits per heavy atom. The maximum atomic E-state index is 12.5. The van der Waals surface area contributed by atoms with Crippen LogP contribution in [0.5, 0.6) is 0 Å². The van der Waals surface area contributed by atoms with Crippen molar-refractivity contribution in [3.63, 3.8) is 0 Å². The summed E-state index contributed by atoms with van der Waals surface area (Å²) in [4.78, 5) is 24.7. The lowest BCUT2D eigenvalue weighted by molar-refractivity contribution is 0.0442. The minimum Gasteiger partial charge on any atom is -0.452 e. The van der Waals surface area contributed by atoms with Gasteiger partial charge in [0.15, 0.2) is 12.4 Å². The van der Waals surface area contributed by atoms with Crippen LogP contribution in [0.3, 0.4) is 0 Å². The zero-order chi connectivity index (χ0) is 22.0. The molecule has 0 radical (unpaired) electrons. The van der Waals surface area contributed by atoms with Crippen molar-refractivity contribution >= 4 is 27.5 Å². The first-order valence-corrected chi connectivity index (χ1v) is 11.4. The second kappa shape index (κ2) is 8.38. The van der Waals surface area contributed by atoms with Crippen molar-refractivity contribution in [2.24, 2.45) is 0 Å². The molecule has 3 aromatic rings. The maximum absolute atomic E-state index is 12.5. The van der Waals surface area contributed by atoms with Gasteiger partial charge < -0.3 is 9.15 Å². The molecule has 0 saturated heterocycles. The molecule has 0 amide bonds. The number of hydrogen-bond donors (Lipinski definition) is 0. The van der Waals surface area contributed by atoms with Gasteiger partial charge in [-0.2, -0.15) is 5.10 Å². The van der Waals surface area contributed by atoms with Gasteiger partial charge in [0.1, 0.15) is 5.76 Å². The molecule has 0 N–H and O–H groups in total. The number of hydrogen-bond acceptors (Lipinski definition) is 7. The fourth-order valence-corrected chi connectivity index (χ4v) is 4.56. The number of anilines is 1. The van der Waals surface area contributed by atoms with Crippen molar-refractivity contribution in [2.75, 3.05) is 23.2 Å². The van der Waals surface area contributed by atoms with Crippen LogP contribution < -0.4 is 4.31 Å². The topological polar surface area (TPSA) is 112 Å². The number of carbonyl (C=O) groups excluding carboxylic acids is 2. The lowest BCUT2D eigenvalue weighted by atomic mass is 10.1. The van der Waals surface area contributed by atoms with E-state index in [1.165, 1.54) is 10.4 Å². The number of esters is 1. The zero-order valence-electron chi connectivity index (χ0n) is 16.9. The van der Waals surface area contributed by atoms with E-state index in [0.29, 0.717) is 36.5 Å². The molecule has 9 nitrogen and oxygen atoms in total. The van der Waals surface area contributed by atoms with Gasteiger partial charge in [-0.15, -0.1) is 0 Å². The molecule has 1 aliphatic heterocycles. The van der Waals surface area contributed by atoms with Crippen molar-refractivity contribution < 1.29 is 27.2 Å². The second-order valence-electron chi connectivity index (χ2n) is 7.04. The van der Waals surface area contributed by atoms with Gasteiger partial charge in [0.2, 0.25) is 15.8 Å². The largest absolute Gasteiger partial charge is 0.452 e. The lowest BCUT2D eigenvalue weighted by Crippen LogP contribution is -2.30. The molecule has 0 saturated carbocycles. The van der Waals surface area contributed by atoms with E-state index in [2.05, 4.69) is 5.10 Å². The Balaban J connectivity index is 1.37. The molecule has 162 valence electrons. The highest BCUT2D eigenvalue weighted by atomic mass is 32.2. The molecule has 0 fully saturated rings. The third-order valence-electron chi connectivity index (χ3n) is 5.03. The minimum absolute atomic E-state index is 0.00400. The number of aromatic nitrogens is 2. The van der Waals surface area contributed by atoms with Crippen molar-refractivity contribution in [3.8, 4) is 0 Å². The second-order valence-corrected chi connectivity index (χ2v) is 9.22. The molecular formula is C21H21N3O6S. The monoisotopic (exact) mass is 443 g/mol. The molecule has 2 aromatic heterocycles. The highest BCUT2D eigenvalue weighted by molar-refractivity contribution is 7.92. The van der Waals surface area contributed by atoms with Crippen LogP contribution >= 0.6 is 0 Å². The predicted octanol–water partition coefficient (Wildman–Crippen LogP) is 2.28. The minimum atomic E-state index is -3.35. The summed E-state index contributed by atoms with van der Waals surface area (Å²) in [6.07, 6.45) is 3.94. The van der Waals surface area contributed by atoms with Crippen LogP contribution in [0.15, 0.2) is 53.2 Å². The maximum Gasteiger partial charge on any atom is 0.374 e. The molecule has 31 heavy (non-hydrogen) atoms. The van der Waals surface area contributed by atoms with E-state index in [4.69, 9.17) is 9.15 Å². The Morgan fingerprint density at radius 1 is 1.23 bits per heavy atom. The predicted molar refractivity (Wildman–Crippen MR) is 112 cm³/mol. The van der Waals surface area contributed by atoms with E-state index in [-0.39, 0.29) is 17.3 Å². The van der Waals surface area contributed by atoms with Gasteiger partial charge in [0, 0.05) is 24.5 Å². The first kappa shape index (κ1) is 20.9. The number of furan rings is 1. The summed E-state index contributed by atoms with van der Waals surface area (Å²) in [6.45, 7) is 1.89. The summed E-state index contributed by atoms with van der Waals surface area (Å²) in [5, 5.41) is 4.07. The average Bonchev–Trinajstić information content (AvgIpc) is 3.52. The molecule has 0 bridgehead atoms. The van der Waals surface area contributed by atoms with Crippen LogP contribution in [0.2, 0.25) is 0 Å². The van der Waals surface area contributed by atoms with Gasteiger partial charge in [-0.05, 0) is 55.3 Å². The molecule has 0 spiro atoms. The Hall–Kier alpha value is -3.40. The van der Waals surface area contributed by atoms with E-state index in [9.17, 15) is 18.0 Å². The number of carbonyl (C=O) groups is 2. The van der Waals surface area contributed by atoms with Gasteiger partial charge in [-0.1, -0.05) is 0 Å². The molecule has 1 aliphatic rings. The lowest BCUT2D eigenvalue weighted by Gasteiger charge is -2.18. The fraction of sp³-hybridized carbons (Fsp3) is 0.286. The molecule has 3 heterocycles. The first-order chi connectivity index (χ1) is 14.9. The molecule has 0 unspecified atom stereocenters. The van der Waals surface area contributed by atoms with E-state index in [0.717, 1.165) is 5.56 Å². The summed E-state index contributed by atoms with van der Waals surface area (Å²) >= 11 is 0. The average molecular weight is 443 g/mol. The Morgan fingerprint density at radius 3 is 2.81 bits per heavy atom. The smallest absolute Gasteiger partial charge is 0.374 e. The van der Waals surface area contributed by atoms with Gasteiger partial charge in [0.05, 0.1) is 18.0 Å². The third kappa shape index (κ3) is 4.38. The van der Waals surface area contributed by atoms with Crippen LogP contribution in [0.1, 0.15) is 39.2 Å². The molecule has 10 heteroatoms. The number of benzene rings is 1. The quantitative estimate of drug-likeness (QED) is 0.388. The van der Waals surface area contributed by atoms with Crippen LogP contribution in [-0.4, -0.2) is 48.9 Å². The molecular weight excluding hydrogens is 422 g/mol. The van der Waals surface area contributed by atoms with E-state index in [1.54, 1.807) is 54.3 Å². The number of ether oxygens (including phenoxy) is 1. The van der Waals surface area contributed by atoms with Crippen LogP contribution in [0.25, 0.3) is 0 Å². The summed E-state index contributed by atoms with van der Waals surface area (Å²) in [6, 6.07) is 9.75. The van der Waals surface area contributed by atoms with Gasteiger partial charge >= 0.3 is 5.97 Å². The summed E-state index contributed by atoms with van der Waals surface area (Å²) in [5.74, 6) is -0.561. The van der Waals surface area contributed by atoms with E-state index < -0.39 is 22.6 Å². The molecule has 0 aliphatic carbocycles.